The van der Waals surface area contributed by atoms with Crippen molar-refractivity contribution in [3.8, 4) is 0 Å². The molecule has 0 bridgehead atoms. The molecular formula is C21H21FN4O2. The van der Waals surface area contributed by atoms with Gasteiger partial charge in [0.1, 0.15) is 5.82 Å². The highest BCUT2D eigenvalue weighted by molar-refractivity contribution is 5.94. The Morgan fingerprint density at radius 1 is 1.21 bits per heavy atom. The van der Waals surface area contributed by atoms with Gasteiger partial charge in [0.05, 0.1) is 6.04 Å². The van der Waals surface area contributed by atoms with Crippen LogP contribution in [0.15, 0.2) is 59.1 Å². The Morgan fingerprint density at radius 2 is 1.96 bits per heavy atom. The smallest absolute Gasteiger partial charge is 0.251 e. The van der Waals surface area contributed by atoms with Crippen molar-refractivity contribution in [2.75, 3.05) is 13.6 Å². The van der Waals surface area contributed by atoms with Crippen LogP contribution in [-0.4, -0.2) is 40.6 Å². The number of nitrogens with zero attached hydrogens (tertiary/aromatic N) is 3. The molecule has 6 nitrogen and oxygen atoms in total. The highest BCUT2D eigenvalue weighted by Gasteiger charge is 2.35. The second kappa shape index (κ2) is 7.90. The Morgan fingerprint density at radius 3 is 2.71 bits per heavy atom. The minimum absolute atomic E-state index is 0.0444. The van der Waals surface area contributed by atoms with Crippen LogP contribution in [0.25, 0.3) is 0 Å². The average Bonchev–Trinajstić information content (AvgIpc) is 3.29. The topological polar surface area (TPSA) is 71.3 Å². The zero-order chi connectivity index (χ0) is 19.5. The van der Waals surface area contributed by atoms with Gasteiger partial charge < -0.3 is 9.84 Å². The molecule has 1 amide bonds. The van der Waals surface area contributed by atoms with E-state index >= 15 is 0 Å². The van der Waals surface area contributed by atoms with Crippen LogP contribution >= 0.6 is 0 Å². The summed E-state index contributed by atoms with van der Waals surface area (Å²) in [6.07, 6.45) is 1.29. The van der Waals surface area contributed by atoms with Gasteiger partial charge >= 0.3 is 0 Å². The number of halogens is 1. The second-order valence-electron chi connectivity index (χ2n) is 7.08. The lowest BCUT2D eigenvalue weighted by molar-refractivity contribution is 0.0938. The molecule has 1 aliphatic heterocycles. The zero-order valence-electron chi connectivity index (χ0n) is 15.5. The fraction of sp³-hybridized carbons (Fsp3) is 0.286. The van der Waals surface area contributed by atoms with Crippen molar-refractivity contribution in [1.82, 2.24) is 20.4 Å². The lowest BCUT2D eigenvalue weighted by atomic mass is 10.1. The molecule has 0 unspecified atom stereocenters. The van der Waals surface area contributed by atoms with E-state index in [1.165, 1.54) is 24.3 Å². The number of rotatable bonds is 5. The molecule has 2 heterocycles. The van der Waals surface area contributed by atoms with Gasteiger partial charge in [0.2, 0.25) is 5.89 Å². The molecule has 2 aromatic carbocycles. The maximum atomic E-state index is 13.0. The summed E-state index contributed by atoms with van der Waals surface area (Å²) in [4.78, 5) is 19.0. The number of benzene rings is 2. The number of carbonyl (C=O) groups is 1. The fourth-order valence-corrected chi connectivity index (χ4v) is 3.52. The van der Waals surface area contributed by atoms with Crippen LogP contribution in [0.4, 0.5) is 4.39 Å². The van der Waals surface area contributed by atoms with E-state index in [9.17, 15) is 9.18 Å². The highest BCUT2D eigenvalue weighted by atomic mass is 19.1. The molecule has 1 N–H and O–H groups in total. The van der Waals surface area contributed by atoms with Crippen molar-refractivity contribution in [1.29, 1.82) is 0 Å². The van der Waals surface area contributed by atoms with E-state index in [4.69, 9.17) is 4.52 Å². The first kappa shape index (κ1) is 18.3. The third-order valence-corrected chi connectivity index (χ3v) is 4.96. The average molecular weight is 380 g/mol. The Labute approximate surface area is 162 Å². The van der Waals surface area contributed by atoms with Crippen molar-refractivity contribution in [2.24, 2.45) is 0 Å². The summed E-state index contributed by atoms with van der Waals surface area (Å²) >= 11 is 0. The summed E-state index contributed by atoms with van der Waals surface area (Å²) in [5, 5.41) is 7.10. The molecule has 144 valence electrons. The van der Waals surface area contributed by atoms with E-state index < -0.39 is 0 Å². The molecule has 1 fully saturated rings. The number of amides is 1. The van der Waals surface area contributed by atoms with Gasteiger partial charge in [0.25, 0.3) is 5.91 Å². The molecule has 0 aliphatic carbocycles. The predicted octanol–water partition coefficient (Wildman–Crippen LogP) is 2.97. The van der Waals surface area contributed by atoms with Crippen LogP contribution in [-0.2, 0) is 6.42 Å². The van der Waals surface area contributed by atoms with E-state index in [0.717, 1.165) is 5.56 Å². The first-order valence-electron chi connectivity index (χ1n) is 9.21. The Bertz CT molecular complexity index is 943. The van der Waals surface area contributed by atoms with Crippen LogP contribution < -0.4 is 5.32 Å². The molecule has 28 heavy (non-hydrogen) atoms. The Kier molecular flexibility index (Phi) is 5.16. The molecule has 1 aliphatic rings. The lowest BCUT2D eigenvalue weighted by Gasteiger charge is -2.14. The molecule has 3 aromatic rings. The van der Waals surface area contributed by atoms with Gasteiger partial charge in [-0.15, -0.1) is 0 Å². The molecule has 1 aromatic heterocycles. The largest absolute Gasteiger partial charge is 0.348 e. The van der Waals surface area contributed by atoms with Gasteiger partial charge in [-0.25, -0.2) is 4.39 Å². The second-order valence-corrected chi connectivity index (χ2v) is 7.08. The number of aromatic nitrogens is 2. The van der Waals surface area contributed by atoms with Crippen molar-refractivity contribution >= 4 is 5.91 Å². The molecule has 4 rings (SSSR count). The first-order chi connectivity index (χ1) is 13.6. The monoisotopic (exact) mass is 380 g/mol. The van der Waals surface area contributed by atoms with Gasteiger partial charge in [0, 0.05) is 24.6 Å². The van der Waals surface area contributed by atoms with E-state index in [1.807, 2.05) is 37.4 Å². The first-order valence-corrected chi connectivity index (χ1v) is 9.21. The normalized spacial score (nSPS) is 19.6. The summed E-state index contributed by atoms with van der Waals surface area (Å²) < 4.78 is 18.5. The fourth-order valence-electron chi connectivity index (χ4n) is 3.52. The van der Waals surface area contributed by atoms with Gasteiger partial charge in [0.15, 0.2) is 5.82 Å². The van der Waals surface area contributed by atoms with Crippen molar-refractivity contribution < 1.29 is 13.7 Å². The number of hydrogen-bond acceptors (Lipinski definition) is 5. The molecule has 0 radical (unpaired) electrons. The Hall–Kier alpha value is -3.06. The van der Waals surface area contributed by atoms with Gasteiger partial charge in [-0.2, -0.15) is 4.98 Å². The van der Waals surface area contributed by atoms with Crippen molar-refractivity contribution in [2.45, 2.75) is 24.9 Å². The standard InChI is InChI=1S/C21H21FN4O2/c1-26-13-17(23-20(27)15-7-9-16(22)10-8-15)12-18(26)21-24-19(25-28-21)11-14-5-3-2-4-6-14/h2-10,17-18H,11-13H2,1H3,(H,23,27)/t17-,18-/m0/s1. The third-order valence-electron chi connectivity index (χ3n) is 4.96. The number of nitrogens with one attached hydrogen (secondary N) is 1. The SMILES string of the molecule is CN1C[C@@H](NC(=O)c2ccc(F)cc2)C[C@H]1c1nc(Cc2ccccc2)no1. The lowest BCUT2D eigenvalue weighted by Crippen LogP contribution is -2.36. The van der Waals surface area contributed by atoms with E-state index in [-0.39, 0.29) is 23.8 Å². The number of likely N-dealkylation sites (tertiary alicyclic amines) is 1. The summed E-state index contributed by atoms with van der Waals surface area (Å²) in [7, 11) is 1.97. The van der Waals surface area contributed by atoms with Crippen LogP contribution in [0.5, 0.6) is 0 Å². The van der Waals surface area contributed by atoms with Crippen LogP contribution in [0.3, 0.4) is 0 Å². The molecule has 2 atom stereocenters. The number of carbonyl (C=O) groups excluding carboxylic acids is 1. The predicted molar refractivity (Wildman–Crippen MR) is 101 cm³/mol. The minimum atomic E-state index is -0.361. The molecule has 0 saturated carbocycles. The van der Waals surface area contributed by atoms with Crippen molar-refractivity contribution in [3.63, 3.8) is 0 Å². The maximum Gasteiger partial charge on any atom is 0.251 e. The molecular weight excluding hydrogens is 359 g/mol. The van der Waals surface area contributed by atoms with Crippen LogP contribution in [0, 0.1) is 5.82 Å². The minimum Gasteiger partial charge on any atom is -0.348 e. The van der Waals surface area contributed by atoms with Gasteiger partial charge in [-0.05, 0) is 43.3 Å². The zero-order valence-corrected chi connectivity index (χ0v) is 15.5. The van der Waals surface area contributed by atoms with E-state index in [0.29, 0.717) is 36.7 Å². The summed E-state index contributed by atoms with van der Waals surface area (Å²) in [6, 6.07) is 15.4. The van der Waals surface area contributed by atoms with Crippen molar-refractivity contribution in [3.05, 3.63) is 83.3 Å². The third kappa shape index (κ3) is 4.09. The van der Waals surface area contributed by atoms with E-state index in [2.05, 4.69) is 20.4 Å². The van der Waals surface area contributed by atoms with Crippen LogP contribution in [0.2, 0.25) is 0 Å². The summed E-state index contributed by atoms with van der Waals surface area (Å²) in [6.45, 7) is 0.675. The Balaban J connectivity index is 1.39. The molecule has 0 spiro atoms. The summed E-state index contributed by atoms with van der Waals surface area (Å²) in [5.74, 6) is 0.634. The molecule has 7 heteroatoms. The summed E-state index contributed by atoms with van der Waals surface area (Å²) in [5.41, 5.74) is 1.56. The van der Waals surface area contributed by atoms with Crippen LogP contribution in [0.1, 0.15) is 40.1 Å². The van der Waals surface area contributed by atoms with Gasteiger partial charge in [-0.1, -0.05) is 35.5 Å². The number of hydrogen-bond donors (Lipinski definition) is 1. The number of likely N-dealkylation sites (N-methyl/N-ethyl adjacent to an activating group) is 1. The molecule has 1 saturated heterocycles. The highest BCUT2D eigenvalue weighted by Crippen LogP contribution is 2.30. The quantitative estimate of drug-likeness (QED) is 0.737. The van der Waals surface area contributed by atoms with Gasteiger partial charge in [-0.3, -0.25) is 9.69 Å². The van der Waals surface area contributed by atoms with E-state index in [1.54, 1.807) is 0 Å². The maximum absolute atomic E-state index is 13.0.